The van der Waals surface area contributed by atoms with Gasteiger partial charge in [-0.3, -0.25) is 9.89 Å². The van der Waals surface area contributed by atoms with E-state index in [9.17, 15) is 9.18 Å². The van der Waals surface area contributed by atoms with Gasteiger partial charge >= 0.3 is 0 Å². The van der Waals surface area contributed by atoms with E-state index in [2.05, 4.69) is 15.5 Å². The van der Waals surface area contributed by atoms with Crippen LogP contribution in [0.1, 0.15) is 36.2 Å². The number of benzene rings is 2. The number of aromatic nitrogens is 2. The molecule has 2 heterocycles. The number of hydrogen-bond donors (Lipinski definition) is 3. The molecule has 0 radical (unpaired) electrons. The minimum atomic E-state index is -0.488. The molecule has 1 aliphatic heterocycles. The van der Waals surface area contributed by atoms with Crippen LogP contribution in [0.25, 0.3) is 11.1 Å². The van der Waals surface area contributed by atoms with Crippen LogP contribution in [0.4, 0.5) is 10.1 Å². The lowest BCUT2D eigenvalue weighted by molar-refractivity contribution is 0.0645. The molecular formula is C24H26FN5O. The number of amides is 1. The molecule has 0 aliphatic carbocycles. The molecule has 1 saturated heterocycles. The van der Waals surface area contributed by atoms with Gasteiger partial charge in [-0.1, -0.05) is 18.2 Å². The highest BCUT2D eigenvalue weighted by Gasteiger charge is 2.41. The normalized spacial score (nSPS) is 17.5. The van der Waals surface area contributed by atoms with Crippen LogP contribution in [-0.2, 0) is 0 Å². The molecule has 3 aromatic rings. The third kappa shape index (κ3) is 4.21. The summed E-state index contributed by atoms with van der Waals surface area (Å²) in [5.41, 5.74) is 3.37. The van der Waals surface area contributed by atoms with Gasteiger partial charge in [-0.2, -0.15) is 5.10 Å². The minimum Gasteiger partial charge on any atom is -0.384 e. The average Bonchev–Trinajstić information content (AvgIpc) is 3.39. The first kappa shape index (κ1) is 20.8. The van der Waals surface area contributed by atoms with Gasteiger partial charge in [0, 0.05) is 47.9 Å². The third-order valence-electron chi connectivity index (χ3n) is 5.93. The Bertz CT molecular complexity index is 1090. The van der Waals surface area contributed by atoms with Crippen LogP contribution in [0.2, 0.25) is 0 Å². The molecule has 6 nitrogen and oxygen atoms in total. The largest absolute Gasteiger partial charge is 0.384 e. The maximum atomic E-state index is 14.1. The van der Waals surface area contributed by atoms with Crippen molar-refractivity contribution in [2.45, 2.75) is 25.8 Å². The molecule has 0 bridgehead atoms. The van der Waals surface area contributed by atoms with Gasteiger partial charge in [0.2, 0.25) is 0 Å². The van der Waals surface area contributed by atoms with Crippen LogP contribution in [-0.4, -0.2) is 45.8 Å². The number of rotatable bonds is 6. The van der Waals surface area contributed by atoms with Crippen molar-refractivity contribution in [2.24, 2.45) is 5.92 Å². The summed E-state index contributed by atoms with van der Waals surface area (Å²) in [5.74, 6) is -0.536. The fourth-order valence-electron chi connectivity index (χ4n) is 4.35. The Balaban J connectivity index is 1.46. The molecular weight excluding hydrogens is 393 g/mol. The summed E-state index contributed by atoms with van der Waals surface area (Å²) in [7, 11) is 0. The molecule has 1 unspecified atom stereocenters. The molecule has 7 heteroatoms. The van der Waals surface area contributed by atoms with Crippen molar-refractivity contribution in [1.29, 1.82) is 5.41 Å². The lowest BCUT2D eigenvalue weighted by atomic mass is 9.96. The van der Waals surface area contributed by atoms with E-state index in [-0.39, 0.29) is 22.9 Å². The highest BCUT2D eigenvalue weighted by atomic mass is 19.1. The topological polar surface area (TPSA) is 84.9 Å². The summed E-state index contributed by atoms with van der Waals surface area (Å²) in [6.07, 6.45) is 5.71. The first-order valence-corrected chi connectivity index (χ1v) is 10.3. The van der Waals surface area contributed by atoms with E-state index in [1.54, 1.807) is 23.2 Å². The Morgan fingerprint density at radius 3 is 2.84 bits per heavy atom. The number of aromatic amines is 1. The van der Waals surface area contributed by atoms with Crippen molar-refractivity contribution in [3.8, 4) is 11.1 Å². The summed E-state index contributed by atoms with van der Waals surface area (Å²) in [6, 6.07) is 12.0. The van der Waals surface area contributed by atoms with Crippen LogP contribution in [0.5, 0.6) is 0 Å². The molecule has 1 atom stereocenters. The van der Waals surface area contributed by atoms with Gasteiger partial charge in [-0.05, 0) is 56.0 Å². The molecule has 31 heavy (non-hydrogen) atoms. The lowest BCUT2D eigenvalue weighted by Gasteiger charge is -2.31. The van der Waals surface area contributed by atoms with Crippen LogP contribution >= 0.6 is 0 Å². The smallest absolute Gasteiger partial charge is 0.257 e. The summed E-state index contributed by atoms with van der Waals surface area (Å²) >= 11 is 0. The Morgan fingerprint density at radius 2 is 2.13 bits per heavy atom. The van der Waals surface area contributed by atoms with E-state index >= 15 is 0 Å². The van der Waals surface area contributed by atoms with E-state index in [4.69, 9.17) is 5.41 Å². The summed E-state index contributed by atoms with van der Waals surface area (Å²) in [6.45, 7) is 5.26. The third-order valence-corrected chi connectivity index (χ3v) is 5.93. The first-order valence-electron chi connectivity index (χ1n) is 10.3. The number of H-pyrrole nitrogens is 1. The van der Waals surface area contributed by atoms with Crippen LogP contribution in [0.3, 0.4) is 0 Å². The Morgan fingerprint density at radius 1 is 1.32 bits per heavy atom. The fraction of sp³-hybridized carbons (Fsp3) is 0.292. The van der Waals surface area contributed by atoms with Gasteiger partial charge in [0.1, 0.15) is 5.82 Å². The molecule has 2 aromatic carbocycles. The minimum absolute atomic E-state index is 0.116. The fourth-order valence-corrected chi connectivity index (χ4v) is 4.35. The summed E-state index contributed by atoms with van der Waals surface area (Å²) in [5, 5.41) is 18.0. The van der Waals surface area contributed by atoms with Gasteiger partial charge in [0.25, 0.3) is 5.91 Å². The SMILES string of the molecule is CC1(C)CC(CNc2ccc(-c3cn[nH]c3)cc2C=N)CN1C(=O)c1ccccc1F. The monoisotopic (exact) mass is 419 g/mol. The number of nitrogens with one attached hydrogen (secondary N) is 3. The average molecular weight is 420 g/mol. The predicted molar refractivity (Wildman–Crippen MR) is 120 cm³/mol. The van der Waals surface area contributed by atoms with Gasteiger partial charge in [-0.25, -0.2) is 4.39 Å². The zero-order chi connectivity index (χ0) is 22.0. The molecule has 1 aliphatic rings. The molecule has 1 amide bonds. The molecule has 1 fully saturated rings. The standard InChI is InChI=1S/C24H26FN5O/c1-24(2)10-16(15-30(24)23(31)20-5-3-4-6-21(20)25)12-27-22-8-7-17(9-18(22)11-26)19-13-28-29-14-19/h3-9,11,13-14,16,26-27H,10,12,15H2,1-2H3,(H,28,29). The highest BCUT2D eigenvalue weighted by Crippen LogP contribution is 2.34. The number of anilines is 1. The maximum Gasteiger partial charge on any atom is 0.257 e. The van der Waals surface area contributed by atoms with Crippen molar-refractivity contribution in [3.63, 3.8) is 0 Å². The van der Waals surface area contributed by atoms with Crippen molar-refractivity contribution in [2.75, 3.05) is 18.4 Å². The number of carbonyl (C=O) groups is 1. The van der Waals surface area contributed by atoms with Crippen molar-refractivity contribution in [3.05, 3.63) is 71.8 Å². The molecule has 4 rings (SSSR count). The van der Waals surface area contributed by atoms with E-state index in [0.717, 1.165) is 28.8 Å². The van der Waals surface area contributed by atoms with Crippen LogP contribution in [0.15, 0.2) is 54.9 Å². The van der Waals surface area contributed by atoms with Crippen molar-refractivity contribution >= 4 is 17.8 Å². The molecule has 160 valence electrons. The Kier molecular flexibility index (Phi) is 5.59. The van der Waals surface area contributed by atoms with E-state index in [1.165, 1.54) is 18.3 Å². The van der Waals surface area contributed by atoms with Gasteiger partial charge in [-0.15, -0.1) is 0 Å². The Hall–Kier alpha value is -3.48. The number of hydrogen-bond acceptors (Lipinski definition) is 4. The second-order valence-electron chi connectivity index (χ2n) is 8.59. The lowest BCUT2D eigenvalue weighted by Crippen LogP contribution is -2.43. The van der Waals surface area contributed by atoms with Gasteiger partial charge in [0.05, 0.1) is 11.8 Å². The van der Waals surface area contributed by atoms with Crippen molar-refractivity contribution in [1.82, 2.24) is 15.1 Å². The maximum absolute atomic E-state index is 14.1. The predicted octanol–water partition coefficient (Wildman–Crippen LogP) is 4.57. The zero-order valence-corrected chi connectivity index (χ0v) is 17.7. The molecule has 0 spiro atoms. The van der Waals surface area contributed by atoms with Crippen LogP contribution < -0.4 is 5.32 Å². The summed E-state index contributed by atoms with van der Waals surface area (Å²) in [4.78, 5) is 14.8. The van der Waals surface area contributed by atoms with E-state index in [0.29, 0.717) is 13.1 Å². The Labute approximate surface area is 181 Å². The number of carbonyl (C=O) groups excluding carboxylic acids is 1. The first-order chi connectivity index (χ1) is 14.9. The van der Waals surface area contributed by atoms with E-state index in [1.807, 2.05) is 38.2 Å². The van der Waals surface area contributed by atoms with E-state index < -0.39 is 5.82 Å². The van der Waals surface area contributed by atoms with Crippen LogP contribution in [0, 0.1) is 17.1 Å². The zero-order valence-electron chi connectivity index (χ0n) is 17.7. The highest BCUT2D eigenvalue weighted by molar-refractivity contribution is 5.95. The number of halogens is 1. The van der Waals surface area contributed by atoms with Gasteiger partial charge < -0.3 is 15.6 Å². The molecule has 0 saturated carbocycles. The second kappa shape index (κ2) is 8.34. The number of nitrogens with zero attached hydrogens (tertiary/aromatic N) is 2. The van der Waals surface area contributed by atoms with Crippen molar-refractivity contribution < 1.29 is 9.18 Å². The van der Waals surface area contributed by atoms with Gasteiger partial charge in [0.15, 0.2) is 0 Å². The number of likely N-dealkylation sites (tertiary alicyclic amines) is 1. The quantitative estimate of drug-likeness (QED) is 0.512. The molecule has 1 aromatic heterocycles. The second-order valence-corrected chi connectivity index (χ2v) is 8.59. The molecule has 3 N–H and O–H groups in total. The summed E-state index contributed by atoms with van der Waals surface area (Å²) < 4.78 is 14.1.